The van der Waals surface area contributed by atoms with Gasteiger partial charge in [0, 0.05) is 105 Å². The molecule has 0 aliphatic rings. The molecule has 0 amide bonds. The second kappa shape index (κ2) is 35.3. The largest absolute Gasteiger partial charge is 0.386 e. The molecule has 0 bridgehead atoms. The van der Waals surface area contributed by atoms with Gasteiger partial charge >= 0.3 is 0 Å². The average Bonchev–Trinajstić information content (AvgIpc) is 2.95. The van der Waals surface area contributed by atoms with Gasteiger partial charge in [-0.2, -0.15) is 35.3 Å². The van der Waals surface area contributed by atoms with Crippen molar-refractivity contribution in [3.05, 3.63) is 0 Å². The minimum atomic E-state index is 0.147. The lowest BCUT2D eigenvalue weighted by atomic mass is 10.5. The van der Waals surface area contributed by atoms with Crippen LogP contribution in [0.25, 0.3) is 0 Å². The molecule has 0 rings (SSSR count). The highest BCUT2D eigenvalue weighted by Gasteiger charge is 2.07. The van der Waals surface area contributed by atoms with E-state index >= 15 is 0 Å². The van der Waals surface area contributed by atoms with Gasteiger partial charge in [0.25, 0.3) is 0 Å². The fourth-order valence-electron chi connectivity index (χ4n) is 2.34. The van der Waals surface area contributed by atoms with E-state index in [0.717, 1.165) is 79.2 Å². The zero-order chi connectivity index (χ0) is 30.2. The van der Waals surface area contributed by atoms with Crippen LogP contribution >= 0.6 is 129 Å². The summed E-state index contributed by atoms with van der Waals surface area (Å²) in [7, 11) is 0. The van der Waals surface area contributed by atoms with Crippen molar-refractivity contribution in [2.75, 3.05) is 91.1 Å². The summed E-state index contributed by atoms with van der Waals surface area (Å²) in [6, 6.07) is 0. The third kappa shape index (κ3) is 35.2. The van der Waals surface area contributed by atoms with E-state index in [9.17, 15) is 19.2 Å². The summed E-state index contributed by atoms with van der Waals surface area (Å²) in [4.78, 5) is 47.7. The quantitative estimate of drug-likeness (QED) is 0.0609. The van der Waals surface area contributed by atoms with E-state index in [2.05, 4.69) is 0 Å². The van der Waals surface area contributed by atoms with Crippen LogP contribution in [0, 0.1) is 0 Å². The third-order valence-electron chi connectivity index (χ3n) is 4.32. The van der Waals surface area contributed by atoms with Crippen LogP contribution in [0.5, 0.6) is 0 Å². The molecule has 0 heterocycles. The van der Waals surface area contributed by atoms with Gasteiger partial charge in [0.2, 0.25) is 0 Å². The van der Waals surface area contributed by atoms with Gasteiger partial charge in [0.15, 0.2) is 20.5 Å². The highest BCUT2D eigenvalue weighted by atomic mass is 32.2. The smallest absolute Gasteiger partial charge is 0.190 e. The second-order valence-corrected chi connectivity index (χ2v) is 20.6. The van der Waals surface area contributed by atoms with Crippen molar-refractivity contribution in [3.8, 4) is 0 Å². The fraction of sp³-hybridized carbons (Fsp3) is 0.833. The molecule has 0 aliphatic heterocycles. The van der Waals surface area contributed by atoms with E-state index in [4.69, 9.17) is 10.2 Å². The summed E-state index contributed by atoms with van der Waals surface area (Å²) >= 11 is 16.9. The molecular formula is C24H42O6S11. The Hall–Kier alpha value is 2.45. The van der Waals surface area contributed by atoms with Crippen molar-refractivity contribution in [2.24, 2.45) is 0 Å². The molecule has 2 N–H and O–H groups in total. The van der Waals surface area contributed by atoms with E-state index < -0.39 is 0 Å². The van der Waals surface area contributed by atoms with E-state index in [1.54, 1.807) is 58.8 Å². The molecule has 0 spiro atoms. The summed E-state index contributed by atoms with van der Waals surface area (Å²) in [5.41, 5.74) is 0. The van der Waals surface area contributed by atoms with Gasteiger partial charge in [0.05, 0.1) is 11.9 Å². The van der Waals surface area contributed by atoms with E-state index in [1.165, 1.54) is 70.6 Å². The van der Waals surface area contributed by atoms with Crippen LogP contribution in [-0.4, -0.2) is 122 Å². The Bertz CT molecular complexity index is 622. The molecular weight excluding hydrogens is 737 g/mol. The summed E-state index contributed by atoms with van der Waals surface area (Å²) in [5, 5.41) is 19.7. The molecule has 0 aliphatic carbocycles. The molecule has 0 saturated carbocycles. The van der Waals surface area contributed by atoms with Crippen molar-refractivity contribution in [1.29, 1.82) is 0 Å². The Balaban J connectivity index is 3.41. The molecule has 6 nitrogen and oxygen atoms in total. The number of aliphatic hydroxyl groups is 2. The zero-order valence-electron chi connectivity index (χ0n) is 23.2. The first kappa shape index (κ1) is 43.5. The Morgan fingerprint density at radius 3 is 1.00 bits per heavy atom. The van der Waals surface area contributed by atoms with Crippen LogP contribution in [0.2, 0.25) is 0 Å². The van der Waals surface area contributed by atoms with Crippen molar-refractivity contribution in [1.82, 2.24) is 0 Å². The van der Waals surface area contributed by atoms with Crippen molar-refractivity contribution in [2.45, 2.75) is 25.7 Å². The maximum atomic E-state index is 12.0. The third-order valence-corrected chi connectivity index (χ3v) is 15.8. The Labute approximate surface area is 293 Å². The monoisotopic (exact) mass is 778 g/mol. The number of aliphatic hydroxyl groups excluding tert-OH is 2. The molecule has 0 aromatic heterocycles. The van der Waals surface area contributed by atoms with Crippen LogP contribution < -0.4 is 0 Å². The van der Waals surface area contributed by atoms with Gasteiger partial charge in [-0.1, -0.05) is 47.0 Å². The molecule has 0 fully saturated rings. The molecule has 17 heteroatoms. The number of rotatable bonds is 30. The molecule has 0 aromatic carbocycles. The molecule has 0 saturated heterocycles. The average molecular weight is 779 g/mol. The maximum absolute atomic E-state index is 12.0. The minimum absolute atomic E-state index is 0.147. The van der Waals surface area contributed by atoms with Crippen LogP contribution in [0.1, 0.15) is 25.7 Å². The van der Waals surface area contributed by atoms with Gasteiger partial charge in [0.1, 0.15) is 0 Å². The fourth-order valence-corrected chi connectivity index (χ4v) is 12.6. The van der Waals surface area contributed by atoms with Crippen molar-refractivity contribution in [3.63, 3.8) is 0 Å². The van der Waals surface area contributed by atoms with Gasteiger partial charge in [-0.15, -0.1) is 47.0 Å². The SMILES string of the molecule is O=C(CCSCCC(=O)SCSCCSCO)SCCSCCSC(=O)CCSCCC(=O)SCSCCSCO. The lowest BCUT2D eigenvalue weighted by Gasteiger charge is -2.04. The molecule has 0 aromatic rings. The topological polar surface area (TPSA) is 109 Å². The van der Waals surface area contributed by atoms with Gasteiger partial charge in [-0.05, 0) is 0 Å². The van der Waals surface area contributed by atoms with Crippen LogP contribution in [0.4, 0.5) is 0 Å². The van der Waals surface area contributed by atoms with Crippen LogP contribution in [-0.2, 0) is 19.2 Å². The first-order chi connectivity index (χ1) is 20.0. The molecule has 0 atom stereocenters. The number of hydrogen-bond donors (Lipinski definition) is 2. The van der Waals surface area contributed by atoms with Crippen molar-refractivity contribution >= 4 is 150 Å². The maximum Gasteiger partial charge on any atom is 0.190 e. The van der Waals surface area contributed by atoms with Crippen LogP contribution in [0.15, 0.2) is 0 Å². The number of thioether (sulfide) groups is 11. The number of carbonyl (C=O) groups is 4. The lowest BCUT2D eigenvalue weighted by molar-refractivity contribution is -0.111. The molecule has 240 valence electrons. The molecule has 0 radical (unpaired) electrons. The minimum Gasteiger partial charge on any atom is -0.386 e. The summed E-state index contributed by atoms with van der Waals surface area (Å²) < 4.78 is 0. The Kier molecular flexibility index (Phi) is 37.4. The predicted molar refractivity (Wildman–Crippen MR) is 204 cm³/mol. The lowest BCUT2D eigenvalue weighted by Crippen LogP contribution is -2.01. The number of carbonyl (C=O) groups excluding carboxylic acids is 4. The standard InChI is InChI=1S/C24H42O6S11/c25-17-34-9-11-36-19-40-23(29)3-7-31-5-1-21(27)38-15-13-33-14-16-39-22(28)2-6-32-8-4-24(30)41-20-37-12-10-35-18-26/h25-26H,1-20H2. The molecule has 41 heavy (non-hydrogen) atoms. The van der Waals surface area contributed by atoms with Crippen LogP contribution in [0.3, 0.4) is 0 Å². The number of hydrogen-bond acceptors (Lipinski definition) is 17. The van der Waals surface area contributed by atoms with E-state index in [0.29, 0.717) is 25.7 Å². The summed E-state index contributed by atoms with van der Waals surface area (Å²) in [5.74, 6) is 10.3. The van der Waals surface area contributed by atoms with E-state index in [-0.39, 0.29) is 32.3 Å². The molecule has 0 unspecified atom stereocenters. The zero-order valence-corrected chi connectivity index (χ0v) is 32.1. The van der Waals surface area contributed by atoms with Gasteiger partial charge in [-0.3, -0.25) is 19.2 Å². The predicted octanol–water partition coefficient (Wildman–Crippen LogP) is 6.53. The highest BCUT2D eigenvalue weighted by Crippen LogP contribution is 2.20. The summed E-state index contributed by atoms with van der Waals surface area (Å²) in [6.07, 6.45) is 2.12. The Morgan fingerprint density at radius 2 is 0.634 bits per heavy atom. The van der Waals surface area contributed by atoms with E-state index in [1.807, 2.05) is 0 Å². The highest BCUT2D eigenvalue weighted by molar-refractivity contribution is 8.24. The first-order valence-electron chi connectivity index (χ1n) is 12.9. The Morgan fingerprint density at radius 1 is 0.341 bits per heavy atom. The summed E-state index contributed by atoms with van der Waals surface area (Å²) in [6.45, 7) is 0. The van der Waals surface area contributed by atoms with Gasteiger partial charge < -0.3 is 10.2 Å². The first-order valence-corrected chi connectivity index (χ1v) is 24.9. The normalized spacial score (nSPS) is 11.2. The second-order valence-electron chi connectivity index (χ2n) is 7.44. The van der Waals surface area contributed by atoms with Crippen molar-refractivity contribution < 1.29 is 29.4 Å². The van der Waals surface area contributed by atoms with Gasteiger partial charge in [-0.25, -0.2) is 0 Å².